The van der Waals surface area contributed by atoms with E-state index in [0.717, 1.165) is 25.1 Å². The molecule has 0 bridgehead atoms. The Bertz CT molecular complexity index is 470. The van der Waals surface area contributed by atoms with Gasteiger partial charge in [-0.05, 0) is 42.9 Å². The van der Waals surface area contributed by atoms with E-state index in [4.69, 9.17) is 16.9 Å². The Labute approximate surface area is 119 Å². The summed E-state index contributed by atoms with van der Waals surface area (Å²) in [6, 6.07) is 7.46. The summed E-state index contributed by atoms with van der Waals surface area (Å²) in [5.74, 6) is 0.875. The molecule has 1 aromatic carbocycles. The molecule has 2 unspecified atom stereocenters. The third-order valence-electron chi connectivity index (χ3n) is 3.96. The Morgan fingerprint density at radius 2 is 2.05 bits per heavy atom. The first-order valence-electron chi connectivity index (χ1n) is 6.79. The van der Waals surface area contributed by atoms with Gasteiger partial charge in [0.1, 0.15) is 6.07 Å². The minimum Gasteiger partial charge on any atom is -0.396 e. The number of benzene rings is 1. The first-order valence-corrected chi connectivity index (χ1v) is 7.16. The van der Waals surface area contributed by atoms with Gasteiger partial charge in [-0.15, -0.1) is 0 Å². The van der Waals surface area contributed by atoms with E-state index in [2.05, 4.69) is 11.4 Å². The lowest BCUT2D eigenvalue weighted by Crippen LogP contribution is -2.28. The molecule has 1 aromatic rings. The van der Waals surface area contributed by atoms with Crippen LogP contribution in [-0.2, 0) is 0 Å². The second kappa shape index (κ2) is 6.79. The molecule has 0 spiro atoms. The van der Waals surface area contributed by atoms with Crippen LogP contribution in [0.15, 0.2) is 18.2 Å². The van der Waals surface area contributed by atoms with E-state index in [-0.39, 0.29) is 6.61 Å². The van der Waals surface area contributed by atoms with E-state index in [0.29, 0.717) is 22.4 Å². The van der Waals surface area contributed by atoms with E-state index in [9.17, 15) is 5.11 Å². The highest BCUT2D eigenvalue weighted by Gasteiger charge is 2.24. The van der Waals surface area contributed by atoms with E-state index in [1.165, 1.54) is 12.8 Å². The van der Waals surface area contributed by atoms with E-state index in [1.807, 2.05) is 6.07 Å². The van der Waals surface area contributed by atoms with Crippen LogP contribution in [0.5, 0.6) is 0 Å². The van der Waals surface area contributed by atoms with Crippen LogP contribution < -0.4 is 5.32 Å². The monoisotopic (exact) mass is 278 g/mol. The zero-order chi connectivity index (χ0) is 13.7. The van der Waals surface area contributed by atoms with E-state index < -0.39 is 0 Å². The number of anilines is 1. The maximum atomic E-state index is 9.40. The standard InChI is InChI=1S/C15H19ClN2O/c16-14-5-6-15(13(7-14)8-17)18-9-11-3-1-2-4-12(11)10-19/h5-7,11-12,18-19H,1-4,9-10H2. The lowest BCUT2D eigenvalue weighted by atomic mass is 9.79. The number of rotatable bonds is 4. The van der Waals surface area contributed by atoms with Gasteiger partial charge in [-0.3, -0.25) is 0 Å². The van der Waals surface area contributed by atoms with Crippen LogP contribution in [-0.4, -0.2) is 18.3 Å². The number of nitrogens with zero attached hydrogens (tertiary/aromatic N) is 1. The molecule has 1 aliphatic rings. The van der Waals surface area contributed by atoms with Crippen LogP contribution in [0.1, 0.15) is 31.2 Å². The van der Waals surface area contributed by atoms with Gasteiger partial charge < -0.3 is 10.4 Å². The molecule has 1 saturated carbocycles. The predicted molar refractivity (Wildman–Crippen MR) is 77.2 cm³/mol. The molecular weight excluding hydrogens is 260 g/mol. The molecule has 1 fully saturated rings. The number of hydrogen-bond donors (Lipinski definition) is 2. The Morgan fingerprint density at radius 1 is 1.32 bits per heavy atom. The van der Waals surface area contributed by atoms with Gasteiger partial charge >= 0.3 is 0 Å². The Hall–Kier alpha value is -1.24. The van der Waals surface area contributed by atoms with Crippen molar-refractivity contribution in [1.82, 2.24) is 0 Å². The predicted octanol–water partition coefficient (Wildman–Crippen LogP) is 3.42. The molecule has 4 heteroatoms. The Balaban J connectivity index is 2.00. The van der Waals surface area contributed by atoms with Gasteiger partial charge in [0.25, 0.3) is 0 Å². The topological polar surface area (TPSA) is 56.0 Å². The summed E-state index contributed by atoms with van der Waals surface area (Å²) in [7, 11) is 0. The lowest BCUT2D eigenvalue weighted by Gasteiger charge is -2.30. The van der Waals surface area contributed by atoms with Gasteiger partial charge in [-0.25, -0.2) is 0 Å². The Kier molecular flexibility index (Phi) is 5.07. The maximum absolute atomic E-state index is 9.40. The van der Waals surface area contributed by atoms with Gasteiger partial charge in [-0.2, -0.15) is 5.26 Å². The third kappa shape index (κ3) is 3.62. The van der Waals surface area contributed by atoms with Gasteiger partial charge in [0.05, 0.1) is 11.3 Å². The van der Waals surface area contributed by atoms with Gasteiger partial charge in [0, 0.05) is 18.2 Å². The summed E-state index contributed by atoms with van der Waals surface area (Å²) in [5.41, 5.74) is 1.40. The number of hydrogen-bond acceptors (Lipinski definition) is 3. The van der Waals surface area contributed by atoms with Crippen molar-refractivity contribution in [2.75, 3.05) is 18.5 Å². The van der Waals surface area contributed by atoms with Gasteiger partial charge in [0.15, 0.2) is 0 Å². The van der Waals surface area contributed by atoms with Crippen molar-refractivity contribution in [3.63, 3.8) is 0 Å². The molecule has 2 N–H and O–H groups in total. The zero-order valence-electron chi connectivity index (χ0n) is 10.9. The largest absolute Gasteiger partial charge is 0.396 e. The highest BCUT2D eigenvalue weighted by atomic mass is 35.5. The molecular formula is C15H19ClN2O. The second-order valence-electron chi connectivity index (χ2n) is 5.17. The Morgan fingerprint density at radius 3 is 2.74 bits per heavy atom. The van der Waals surface area contributed by atoms with Crippen LogP contribution in [0.2, 0.25) is 5.02 Å². The minimum atomic E-state index is 0.262. The van der Waals surface area contributed by atoms with Crippen molar-refractivity contribution < 1.29 is 5.11 Å². The fraction of sp³-hybridized carbons (Fsp3) is 0.533. The smallest absolute Gasteiger partial charge is 0.101 e. The van der Waals surface area contributed by atoms with Gasteiger partial charge in [-0.1, -0.05) is 24.4 Å². The molecule has 19 heavy (non-hydrogen) atoms. The van der Waals surface area contributed by atoms with Crippen LogP contribution in [0.3, 0.4) is 0 Å². The molecule has 0 heterocycles. The summed E-state index contributed by atoms with van der Waals surface area (Å²) in [6.45, 7) is 1.07. The minimum absolute atomic E-state index is 0.262. The average Bonchev–Trinajstić information content (AvgIpc) is 2.46. The van der Waals surface area contributed by atoms with Crippen molar-refractivity contribution >= 4 is 17.3 Å². The molecule has 1 aliphatic carbocycles. The van der Waals surface area contributed by atoms with Crippen molar-refractivity contribution in [3.8, 4) is 6.07 Å². The number of nitriles is 1. The SMILES string of the molecule is N#Cc1cc(Cl)ccc1NCC1CCCCC1CO. The molecule has 2 rings (SSSR count). The van der Waals surface area contributed by atoms with E-state index >= 15 is 0 Å². The molecule has 0 radical (unpaired) electrons. The summed E-state index contributed by atoms with van der Waals surface area (Å²) < 4.78 is 0. The fourth-order valence-electron chi connectivity index (χ4n) is 2.80. The number of nitrogens with one attached hydrogen (secondary N) is 1. The van der Waals surface area contributed by atoms with Gasteiger partial charge in [0.2, 0.25) is 0 Å². The summed E-state index contributed by atoms with van der Waals surface area (Å²) >= 11 is 5.88. The molecule has 0 aromatic heterocycles. The normalized spacial score (nSPS) is 22.8. The third-order valence-corrected chi connectivity index (χ3v) is 4.19. The summed E-state index contributed by atoms with van der Waals surface area (Å²) in [5, 5.41) is 22.4. The van der Waals surface area contributed by atoms with Crippen LogP contribution in [0.25, 0.3) is 0 Å². The van der Waals surface area contributed by atoms with Crippen molar-refractivity contribution in [2.24, 2.45) is 11.8 Å². The van der Waals surface area contributed by atoms with Crippen molar-refractivity contribution in [2.45, 2.75) is 25.7 Å². The summed E-state index contributed by atoms with van der Waals surface area (Å²) in [6.07, 6.45) is 4.70. The molecule has 0 aliphatic heterocycles. The number of aliphatic hydroxyl groups excluding tert-OH is 1. The average molecular weight is 279 g/mol. The van der Waals surface area contributed by atoms with Crippen molar-refractivity contribution in [1.29, 1.82) is 5.26 Å². The quantitative estimate of drug-likeness (QED) is 0.887. The van der Waals surface area contributed by atoms with E-state index in [1.54, 1.807) is 12.1 Å². The van der Waals surface area contributed by atoms with Crippen LogP contribution >= 0.6 is 11.6 Å². The highest BCUT2D eigenvalue weighted by molar-refractivity contribution is 6.30. The fourth-order valence-corrected chi connectivity index (χ4v) is 2.97. The zero-order valence-corrected chi connectivity index (χ0v) is 11.7. The number of aliphatic hydroxyl groups is 1. The molecule has 0 saturated heterocycles. The highest BCUT2D eigenvalue weighted by Crippen LogP contribution is 2.30. The maximum Gasteiger partial charge on any atom is 0.101 e. The molecule has 102 valence electrons. The second-order valence-corrected chi connectivity index (χ2v) is 5.61. The molecule has 0 amide bonds. The van der Waals surface area contributed by atoms with Crippen molar-refractivity contribution in [3.05, 3.63) is 28.8 Å². The first kappa shape index (κ1) is 14.2. The first-order chi connectivity index (χ1) is 9.24. The lowest BCUT2D eigenvalue weighted by molar-refractivity contribution is 0.141. The number of halogens is 1. The van der Waals surface area contributed by atoms with Crippen LogP contribution in [0, 0.1) is 23.2 Å². The molecule has 3 nitrogen and oxygen atoms in total. The van der Waals surface area contributed by atoms with Crippen LogP contribution in [0.4, 0.5) is 5.69 Å². The summed E-state index contributed by atoms with van der Waals surface area (Å²) in [4.78, 5) is 0. The molecule has 2 atom stereocenters.